The van der Waals surface area contributed by atoms with Crippen LogP contribution in [0.2, 0.25) is 0 Å². The van der Waals surface area contributed by atoms with Crippen molar-refractivity contribution in [3.8, 4) is 11.3 Å². The summed E-state index contributed by atoms with van der Waals surface area (Å²) in [5.41, 5.74) is 1.43. The fraction of sp³-hybridized carbons (Fsp3) is 0.227. The van der Waals surface area contributed by atoms with Gasteiger partial charge in [-0.25, -0.2) is 23.1 Å². The monoisotopic (exact) mass is 444 g/mol. The fourth-order valence-electron chi connectivity index (χ4n) is 3.53. The van der Waals surface area contributed by atoms with Crippen LogP contribution in [0.3, 0.4) is 0 Å². The van der Waals surface area contributed by atoms with Crippen LogP contribution in [0, 0.1) is 17.5 Å². The van der Waals surface area contributed by atoms with Gasteiger partial charge in [-0.15, -0.1) is 0 Å². The molecule has 5 nitrogen and oxygen atoms in total. The van der Waals surface area contributed by atoms with Crippen LogP contribution in [0.25, 0.3) is 11.3 Å². The summed E-state index contributed by atoms with van der Waals surface area (Å²) in [7, 11) is 0. The number of benzene rings is 2. The third-order valence-electron chi connectivity index (χ3n) is 5.06. The van der Waals surface area contributed by atoms with Crippen molar-refractivity contribution in [2.24, 2.45) is 0 Å². The lowest BCUT2D eigenvalue weighted by Crippen LogP contribution is -2.32. The molecule has 2 N–H and O–H groups in total. The molecule has 2 aromatic carbocycles. The first kappa shape index (κ1) is 21.2. The predicted molar refractivity (Wildman–Crippen MR) is 115 cm³/mol. The number of anilines is 2. The molecule has 0 spiro atoms. The first-order valence-electron chi connectivity index (χ1n) is 9.43. The fourth-order valence-corrected chi connectivity index (χ4v) is 4.06. The molecule has 0 radical (unpaired) electrons. The van der Waals surface area contributed by atoms with E-state index in [2.05, 4.69) is 20.6 Å². The number of carbonyl (C=O) groups excluding carboxylic acids is 1. The second kappa shape index (κ2) is 7.88. The minimum atomic E-state index is -0.805. The molecule has 2 heterocycles. The molecule has 0 atom stereocenters. The quantitative estimate of drug-likeness (QED) is 0.570. The van der Waals surface area contributed by atoms with Gasteiger partial charge in [-0.2, -0.15) is 11.8 Å². The highest BCUT2D eigenvalue weighted by Crippen LogP contribution is 2.34. The lowest BCUT2D eigenvalue weighted by Gasteiger charge is -2.19. The molecule has 3 aromatic rings. The van der Waals surface area contributed by atoms with Crippen molar-refractivity contribution in [1.29, 1.82) is 0 Å². The molecule has 1 aromatic heterocycles. The molecular formula is C22H19F3N4OS. The standard InChI is InChI=1S/C22H19F3N4OS/c1-22(2)14-6-11(4-5-13(14)20(30)29-22)19-17(25)9-26-21(28-19)27-18-7-12(10-31-3)15(23)8-16(18)24/h4-9H,10H2,1-3H3,(H,29,30)(H,26,27,28). The number of halogens is 3. The third kappa shape index (κ3) is 3.97. The van der Waals surface area contributed by atoms with Crippen molar-refractivity contribution in [2.75, 3.05) is 11.6 Å². The van der Waals surface area contributed by atoms with Crippen molar-refractivity contribution in [2.45, 2.75) is 25.1 Å². The third-order valence-corrected chi connectivity index (χ3v) is 5.66. The molecule has 0 saturated carbocycles. The number of rotatable bonds is 5. The number of hydrogen-bond acceptors (Lipinski definition) is 5. The van der Waals surface area contributed by atoms with Crippen molar-refractivity contribution in [3.05, 3.63) is 70.7 Å². The van der Waals surface area contributed by atoms with Crippen molar-refractivity contribution < 1.29 is 18.0 Å². The Labute approximate surface area is 181 Å². The number of hydrogen-bond donors (Lipinski definition) is 2. The van der Waals surface area contributed by atoms with Gasteiger partial charge in [-0.3, -0.25) is 4.79 Å². The van der Waals surface area contributed by atoms with Crippen LogP contribution in [-0.4, -0.2) is 22.1 Å². The van der Waals surface area contributed by atoms with Crippen LogP contribution < -0.4 is 10.6 Å². The number of nitrogens with one attached hydrogen (secondary N) is 2. The zero-order chi connectivity index (χ0) is 22.3. The molecule has 1 amide bonds. The molecule has 9 heteroatoms. The zero-order valence-corrected chi connectivity index (χ0v) is 17.8. The molecule has 0 aliphatic carbocycles. The maximum absolute atomic E-state index is 14.6. The lowest BCUT2D eigenvalue weighted by atomic mass is 9.92. The highest BCUT2D eigenvalue weighted by Gasteiger charge is 2.35. The number of aromatic nitrogens is 2. The average molecular weight is 444 g/mol. The van der Waals surface area contributed by atoms with E-state index >= 15 is 0 Å². The minimum Gasteiger partial charge on any atom is -0.343 e. The number of amides is 1. The van der Waals surface area contributed by atoms with Crippen molar-refractivity contribution in [3.63, 3.8) is 0 Å². The maximum atomic E-state index is 14.6. The molecule has 1 aliphatic rings. The Morgan fingerprint density at radius 3 is 2.61 bits per heavy atom. The van der Waals surface area contributed by atoms with E-state index in [4.69, 9.17) is 0 Å². The maximum Gasteiger partial charge on any atom is 0.252 e. The van der Waals surface area contributed by atoms with Gasteiger partial charge in [0.2, 0.25) is 5.95 Å². The summed E-state index contributed by atoms with van der Waals surface area (Å²) in [6.45, 7) is 3.71. The SMILES string of the molecule is CSCc1cc(Nc2ncc(F)c(-c3ccc4c(c3)C(C)(C)NC4=O)n2)c(F)cc1F. The van der Waals surface area contributed by atoms with Crippen molar-refractivity contribution in [1.82, 2.24) is 15.3 Å². The van der Waals surface area contributed by atoms with E-state index in [0.717, 1.165) is 17.8 Å². The molecule has 0 bridgehead atoms. The Hall–Kier alpha value is -3.07. The molecular weight excluding hydrogens is 425 g/mol. The minimum absolute atomic E-state index is 0.00214. The Kier molecular flexibility index (Phi) is 5.38. The topological polar surface area (TPSA) is 66.9 Å². The molecule has 4 rings (SSSR count). The molecule has 31 heavy (non-hydrogen) atoms. The van der Waals surface area contributed by atoms with E-state index in [1.54, 1.807) is 18.2 Å². The highest BCUT2D eigenvalue weighted by atomic mass is 32.2. The van der Waals surface area contributed by atoms with E-state index in [9.17, 15) is 18.0 Å². The summed E-state index contributed by atoms with van der Waals surface area (Å²) in [4.78, 5) is 20.2. The molecule has 0 saturated heterocycles. The molecule has 0 unspecified atom stereocenters. The Balaban J connectivity index is 1.71. The van der Waals surface area contributed by atoms with Crippen molar-refractivity contribution >= 4 is 29.3 Å². The van der Waals surface area contributed by atoms with Gasteiger partial charge in [0.1, 0.15) is 17.3 Å². The van der Waals surface area contributed by atoms with Gasteiger partial charge in [0, 0.05) is 22.9 Å². The zero-order valence-electron chi connectivity index (χ0n) is 17.0. The summed E-state index contributed by atoms with van der Waals surface area (Å²) in [6, 6.07) is 7.08. The Morgan fingerprint density at radius 2 is 1.87 bits per heavy atom. The summed E-state index contributed by atoms with van der Waals surface area (Å²) in [5, 5.41) is 5.58. The smallest absolute Gasteiger partial charge is 0.252 e. The second-order valence-corrected chi connectivity index (χ2v) is 8.58. The Morgan fingerprint density at radius 1 is 1.10 bits per heavy atom. The number of carbonyl (C=O) groups is 1. The van der Waals surface area contributed by atoms with Crippen LogP contribution in [0.1, 0.15) is 35.3 Å². The second-order valence-electron chi connectivity index (χ2n) is 7.71. The Bertz CT molecular complexity index is 1200. The largest absolute Gasteiger partial charge is 0.343 e. The van der Waals surface area contributed by atoms with Gasteiger partial charge >= 0.3 is 0 Å². The van der Waals surface area contributed by atoms with E-state index in [0.29, 0.717) is 22.4 Å². The van der Waals surface area contributed by atoms with E-state index in [1.165, 1.54) is 17.8 Å². The summed E-state index contributed by atoms with van der Waals surface area (Å²) < 4.78 is 42.7. The van der Waals surface area contributed by atoms with Gasteiger partial charge in [0.05, 0.1) is 17.4 Å². The number of fused-ring (bicyclic) bond motifs is 1. The van der Waals surface area contributed by atoms with Crippen LogP contribution in [0.15, 0.2) is 36.5 Å². The number of nitrogens with zero attached hydrogens (tertiary/aromatic N) is 2. The molecule has 0 fully saturated rings. The van der Waals surface area contributed by atoms with E-state index in [-0.39, 0.29) is 23.2 Å². The molecule has 1 aliphatic heterocycles. The summed E-state index contributed by atoms with van der Waals surface area (Å²) in [5.74, 6) is -1.96. The van der Waals surface area contributed by atoms with Crippen LogP contribution in [-0.2, 0) is 11.3 Å². The number of thioether (sulfide) groups is 1. The highest BCUT2D eigenvalue weighted by molar-refractivity contribution is 7.97. The average Bonchev–Trinajstić information content (AvgIpc) is 2.95. The van der Waals surface area contributed by atoms with Gasteiger partial charge < -0.3 is 10.6 Å². The predicted octanol–water partition coefficient (Wildman–Crippen LogP) is 5.15. The first-order chi connectivity index (χ1) is 14.7. The molecule has 160 valence electrons. The van der Waals surface area contributed by atoms with E-state index in [1.807, 2.05) is 20.1 Å². The van der Waals surface area contributed by atoms with Crippen LogP contribution >= 0.6 is 11.8 Å². The lowest BCUT2D eigenvalue weighted by molar-refractivity contribution is 0.0940. The van der Waals surface area contributed by atoms with Crippen LogP contribution in [0.5, 0.6) is 0 Å². The van der Waals surface area contributed by atoms with Gasteiger partial charge in [0.25, 0.3) is 5.91 Å². The first-order valence-corrected chi connectivity index (χ1v) is 10.8. The van der Waals surface area contributed by atoms with E-state index < -0.39 is 23.0 Å². The summed E-state index contributed by atoms with van der Waals surface area (Å²) in [6.07, 6.45) is 2.79. The normalized spacial score (nSPS) is 14.3. The van der Waals surface area contributed by atoms with Crippen LogP contribution in [0.4, 0.5) is 24.8 Å². The van der Waals surface area contributed by atoms with Gasteiger partial charge in [-0.05, 0) is 49.4 Å². The van der Waals surface area contributed by atoms with Gasteiger partial charge in [-0.1, -0.05) is 6.07 Å². The summed E-state index contributed by atoms with van der Waals surface area (Å²) >= 11 is 1.40. The van der Waals surface area contributed by atoms with Gasteiger partial charge in [0.15, 0.2) is 5.82 Å².